The van der Waals surface area contributed by atoms with Crippen molar-refractivity contribution in [3.63, 3.8) is 0 Å². The number of carbonyl (C=O) groups is 2. The first kappa shape index (κ1) is 29.3. The molecule has 1 fully saturated rings. The van der Waals surface area contributed by atoms with Gasteiger partial charge in [0, 0.05) is 12.6 Å². The molecule has 0 heterocycles. The predicted octanol–water partition coefficient (Wildman–Crippen LogP) is 5.02. The van der Waals surface area contributed by atoms with Gasteiger partial charge in [-0.05, 0) is 75.4 Å². The molecule has 3 aromatic carbocycles. The molecule has 3 aromatic rings. The van der Waals surface area contributed by atoms with Gasteiger partial charge in [0.25, 0.3) is 10.0 Å². The van der Waals surface area contributed by atoms with Gasteiger partial charge in [0.1, 0.15) is 12.6 Å². The minimum Gasteiger partial charge on any atom is -0.352 e. The lowest BCUT2D eigenvalue weighted by atomic mass is 10.1. The van der Waals surface area contributed by atoms with Crippen LogP contribution in [0.1, 0.15) is 49.3 Å². The fourth-order valence-electron chi connectivity index (χ4n) is 5.11. The third-order valence-electron chi connectivity index (χ3n) is 7.53. The predicted molar refractivity (Wildman–Crippen MR) is 159 cm³/mol. The average molecular weight is 562 g/mol. The second-order valence-corrected chi connectivity index (χ2v) is 12.5. The Bertz CT molecular complexity index is 1400. The lowest BCUT2D eigenvalue weighted by molar-refractivity contribution is -0.139. The van der Waals surface area contributed by atoms with Gasteiger partial charge < -0.3 is 10.2 Å². The second kappa shape index (κ2) is 13.1. The van der Waals surface area contributed by atoms with Gasteiger partial charge in [0.15, 0.2) is 0 Å². The highest BCUT2D eigenvalue weighted by molar-refractivity contribution is 7.92. The van der Waals surface area contributed by atoms with E-state index in [9.17, 15) is 18.0 Å². The smallest absolute Gasteiger partial charge is 0.264 e. The van der Waals surface area contributed by atoms with Crippen molar-refractivity contribution in [3.05, 3.63) is 95.6 Å². The number of hydrogen-bond donors (Lipinski definition) is 1. The summed E-state index contributed by atoms with van der Waals surface area (Å²) in [7, 11) is -4.06. The summed E-state index contributed by atoms with van der Waals surface area (Å²) in [6, 6.07) is 22.8. The molecule has 40 heavy (non-hydrogen) atoms. The van der Waals surface area contributed by atoms with E-state index in [1.54, 1.807) is 49.4 Å². The largest absolute Gasteiger partial charge is 0.352 e. The van der Waals surface area contributed by atoms with Gasteiger partial charge >= 0.3 is 0 Å². The van der Waals surface area contributed by atoms with E-state index in [-0.39, 0.29) is 23.4 Å². The Morgan fingerprint density at radius 1 is 0.900 bits per heavy atom. The van der Waals surface area contributed by atoms with E-state index < -0.39 is 28.5 Å². The molecule has 0 radical (unpaired) electrons. The van der Waals surface area contributed by atoms with Crippen molar-refractivity contribution < 1.29 is 18.0 Å². The van der Waals surface area contributed by atoms with Crippen LogP contribution in [0.25, 0.3) is 0 Å². The van der Waals surface area contributed by atoms with Gasteiger partial charge in [-0.1, -0.05) is 73.0 Å². The number of hydrogen-bond acceptors (Lipinski definition) is 4. The molecule has 7 nitrogen and oxygen atoms in total. The summed E-state index contributed by atoms with van der Waals surface area (Å²) in [5.74, 6) is -0.640. The minimum atomic E-state index is -4.06. The molecule has 1 N–H and O–H groups in total. The summed E-state index contributed by atoms with van der Waals surface area (Å²) < 4.78 is 29.0. The van der Waals surface area contributed by atoms with Crippen LogP contribution in [-0.2, 0) is 26.0 Å². The lowest BCUT2D eigenvalue weighted by Crippen LogP contribution is -2.53. The number of amides is 2. The Hall–Kier alpha value is -3.65. The fourth-order valence-corrected chi connectivity index (χ4v) is 6.52. The lowest BCUT2D eigenvalue weighted by Gasteiger charge is -2.32. The highest BCUT2D eigenvalue weighted by Crippen LogP contribution is 2.25. The van der Waals surface area contributed by atoms with Crippen LogP contribution in [0, 0.1) is 13.8 Å². The number of aryl methyl sites for hydroxylation is 2. The summed E-state index contributed by atoms with van der Waals surface area (Å²) in [4.78, 5) is 28.9. The Labute approximate surface area is 238 Å². The Morgan fingerprint density at radius 3 is 2.23 bits per heavy atom. The van der Waals surface area contributed by atoms with Crippen molar-refractivity contribution in [1.82, 2.24) is 10.2 Å². The summed E-state index contributed by atoms with van der Waals surface area (Å²) in [6.45, 7) is 5.35. The molecule has 0 spiro atoms. The van der Waals surface area contributed by atoms with Crippen LogP contribution in [0.3, 0.4) is 0 Å². The summed E-state index contributed by atoms with van der Waals surface area (Å²) >= 11 is 0. The number of sulfonamides is 1. The molecular formula is C32H39N3O4S. The molecule has 0 unspecified atom stereocenters. The van der Waals surface area contributed by atoms with Crippen LogP contribution in [-0.4, -0.2) is 50.3 Å². The Morgan fingerprint density at radius 2 is 1.57 bits per heavy atom. The van der Waals surface area contributed by atoms with Gasteiger partial charge in [-0.15, -0.1) is 0 Å². The highest BCUT2D eigenvalue weighted by Gasteiger charge is 2.33. The highest BCUT2D eigenvalue weighted by atomic mass is 32.2. The normalized spacial score (nSPS) is 14.5. The van der Waals surface area contributed by atoms with Gasteiger partial charge in [0.05, 0.1) is 10.6 Å². The maximum atomic E-state index is 14.0. The standard InChI is InChI=1S/C32H39N3O4S/c1-24-16-18-30(19-17-24)40(38,39)35(29-15-9-10-25(2)22-29)23-31(36)34(21-20-27-11-5-4-6-12-27)26(3)32(37)33-28-13-7-8-14-28/h4-6,9-12,15-19,22,26,28H,7-8,13-14,20-21,23H2,1-3H3,(H,33,37)/t26-/m0/s1. The van der Waals surface area contributed by atoms with E-state index in [0.717, 1.165) is 46.7 Å². The monoisotopic (exact) mass is 561 g/mol. The first-order valence-electron chi connectivity index (χ1n) is 13.9. The molecule has 8 heteroatoms. The zero-order valence-corrected chi connectivity index (χ0v) is 24.4. The molecule has 1 atom stereocenters. The number of carbonyl (C=O) groups excluding carboxylic acids is 2. The SMILES string of the molecule is Cc1ccc(S(=O)(=O)N(CC(=O)N(CCc2ccccc2)[C@@H](C)C(=O)NC2CCCC2)c2cccc(C)c2)cc1. The van der Waals surface area contributed by atoms with E-state index >= 15 is 0 Å². The van der Waals surface area contributed by atoms with Gasteiger partial charge in [-0.2, -0.15) is 0 Å². The van der Waals surface area contributed by atoms with E-state index in [2.05, 4.69) is 5.32 Å². The summed E-state index contributed by atoms with van der Waals surface area (Å²) in [5, 5.41) is 3.10. The van der Waals surface area contributed by atoms with Crippen molar-refractivity contribution in [2.45, 2.75) is 69.9 Å². The van der Waals surface area contributed by atoms with E-state index in [1.807, 2.05) is 50.2 Å². The zero-order valence-electron chi connectivity index (χ0n) is 23.5. The average Bonchev–Trinajstić information content (AvgIpc) is 3.45. The van der Waals surface area contributed by atoms with Crippen LogP contribution < -0.4 is 9.62 Å². The molecule has 2 amide bonds. The number of nitrogens with zero attached hydrogens (tertiary/aromatic N) is 2. The van der Waals surface area contributed by atoms with Gasteiger partial charge in [-0.25, -0.2) is 8.42 Å². The maximum Gasteiger partial charge on any atom is 0.264 e. The Balaban J connectivity index is 1.64. The van der Waals surface area contributed by atoms with Crippen molar-refractivity contribution in [2.75, 3.05) is 17.4 Å². The van der Waals surface area contributed by atoms with Crippen LogP contribution in [0.2, 0.25) is 0 Å². The minimum absolute atomic E-state index is 0.107. The van der Waals surface area contributed by atoms with Crippen molar-refractivity contribution in [2.24, 2.45) is 0 Å². The third kappa shape index (κ3) is 7.30. The first-order chi connectivity index (χ1) is 19.1. The number of nitrogens with one attached hydrogen (secondary N) is 1. The topological polar surface area (TPSA) is 86.8 Å². The quantitative estimate of drug-likeness (QED) is 0.356. The molecule has 212 valence electrons. The molecular weight excluding hydrogens is 522 g/mol. The van der Waals surface area contributed by atoms with Gasteiger partial charge in [-0.3, -0.25) is 13.9 Å². The zero-order chi connectivity index (χ0) is 28.7. The van der Waals surface area contributed by atoms with Crippen molar-refractivity contribution in [3.8, 4) is 0 Å². The first-order valence-corrected chi connectivity index (χ1v) is 15.4. The number of benzene rings is 3. The molecule has 1 aliphatic rings. The van der Waals surface area contributed by atoms with Crippen LogP contribution in [0.15, 0.2) is 83.8 Å². The van der Waals surface area contributed by atoms with Crippen LogP contribution >= 0.6 is 0 Å². The summed E-state index contributed by atoms with van der Waals surface area (Å²) in [5.41, 5.74) is 3.25. The van der Waals surface area contributed by atoms with Gasteiger partial charge in [0.2, 0.25) is 11.8 Å². The van der Waals surface area contributed by atoms with Crippen LogP contribution in [0.5, 0.6) is 0 Å². The number of anilines is 1. The molecule has 0 saturated heterocycles. The molecule has 0 bridgehead atoms. The molecule has 1 aliphatic carbocycles. The van der Waals surface area contributed by atoms with Crippen molar-refractivity contribution >= 4 is 27.5 Å². The molecule has 4 rings (SSSR count). The van der Waals surface area contributed by atoms with E-state index in [0.29, 0.717) is 12.1 Å². The molecule has 0 aromatic heterocycles. The van der Waals surface area contributed by atoms with Crippen LogP contribution in [0.4, 0.5) is 5.69 Å². The number of rotatable bonds is 11. The van der Waals surface area contributed by atoms with E-state index in [4.69, 9.17) is 0 Å². The third-order valence-corrected chi connectivity index (χ3v) is 9.32. The Kier molecular flexibility index (Phi) is 9.63. The molecule has 1 saturated carbocycles. The summed E-state index contributed by atoms with van der Waals surface area (Å²) in [6.07, 6.45) is 4.58. The van der Waals surface area contributed by atoms with E-state index in [1.165, 1.54) is 4.90 Å². The second-order valence-electron chi connectivity index (χ2n) is 10.7. The maximum absolute atomic E-state index is 14.0. The molecule has 0 aliphatic heterocycles. The fraction of sp³-hybridized carbons (Fsp3) is 0.375. The van der Waals surface area contributed by atoms with Crippen molar-refractivity contribution in [1.29, 1.82) is 0 Å².